The first kappa shape index (κ1) is 21.4. The number of alkyl halides is 2. The van der Waals surface area contributed by atoms with Gasteiger partial charge in [-0.3, -0.25) is 9.36 Å². The Balaban J connectivity index is 1.73. The lowest BCUT2D eigenvalue weighted by Gasteiger charge is -2.16. The van der Waals surface area contributed by atoms with Crippen LogP contribution in [0.25, 0.3) is 11.0 Å². The van der Waals surface area contributed by atoms with E-state index in [0.717, 1.165) is 21.4 Å². The van der Waals surface area contributed by atoms with E-state index < -0.39 is 6.55 Å². The number of carbonyl (C=O) groups is 1. The molecule has 0 saturated heterocycles. The number of anilines is 1. The topological polar surface area (TPSA) is 68.5 Å². The summed E-state index contributed by atoms with van der Waals surface area (Å²) >= 11 is 0. The Morgan fingerprint density at radius 3 is 2.63 bits per heavy atom. The largest absolute Gasteiger partial charge is 0.385 e. The summed E-state index contributed by atoms with van der Waals surface area (Å²) in [6, 6.07) is 12.4. The molecule has 0 radical (unpaired) electrons. The molecule has 0 unspecified atom stereocenters. The Bertz CT molecular complexity index is 1090. The van der Waals surface area contributed by atoms with Crippen molar-refractivity contribution < 1.29 is 18.4 Å². The highest BCUT2D eigenvalue weighted by atomic mass is 19.3. The molecule has 0 aliphatic carbocycles. The molecule has 1 N–H and O–H groups in total. The number of fused-ring (bicyclic) bond motifs is 1. The van der Waals surface area contributed by atoms with E-state index >= 15 is 0 Å². The van der Waals surface area contributed by atoms with Gasteiger partial charge in [0.05, 0.1) is 11.0 Å². The standard InChI is InChI=1S/C22H24F2N4O2/c1-13(2)16-9-7-8-14(3)20(16)26-19(29)12-30-27-15(4)21-25-17-10-5-6-11-18(17)28(21)22(23)24/h5-11,13,22H,12H2,1-4H3,(H,26,29). The van der Waals surface area contributed by atoms with Crippen LogP contribution in [0.5, 0.6) is 0 Å². The normalized spacial score (nSPS) is 12.1. The number of aromatic nitrogens is 2. The van der Waals surface area contributed by atoms with Crippen LogP contribution in [0.4, 0.5) is 14.5 Å². The van der Waals surface area contributed by atoms with Gasteiger partial charge in [0.25, 0.3) is 5.91 Å². The highest BCUT2D eigenvalue weighted by Gasteiger charge is 2.20. The number of oxime groups is 1. The minimum Gasteiger partial charge on any atom is -0.385 e. The molecular formula is C22H24F2N4O2. The minimum atomic E-state index is -2.78. The SMILES string of the molecule is CC(=NOCC(=O)Nc1c(C)cccc1C(C)C)c1nc2ccccc2n1C(F)F. The van der Waals surface area contributed by atoms with Crippen molar-refractivity contribution in [1.29, 1.82) is 0 Å². The van der Waals surface area contributed by atoms with Gasteiger partial charge in [-0.05, 0) is 43.0 Å². The van der Waals surface area contributed by atoms with Crippen LogP contribution in [0.2, 0.25) is 0 Å². The molecule has 3 rings (SSSR count). The Morgan fingerprint density at radius 2 is 1.93 bits per heavy atom. The van der Waals surface area contributed by atoms with Crippen LogP contribution in [-0.2, 0) is 9.63 Å². The van der Waals surface area contributed by atoms with Crippen molar-refractivity contribution >= 4 is 28.3 Å². The summed E-state index contributed by atoms with van der Waals surface area (Å²) < 4.78 is 27.9. The van der Waals surface area contributed by atoms with Crippen LogP contribution in [0.1, 0.15) is 50.2 Å². The Hall–Kier alpha value is -3.29. The lowest BCUT2D eigenvalue weighted by atomic mass is 9.98. The molecule has 0 bridgehead atoms. The van der Waals surface area contributed by atoms with Gasteiger partial charge in [0.2, 0.25) is 0 Å². The zero-order valence-corrected chi connectivity index (χ0v) is 17.3. The first-order valence-electron chi connectivity index (χ1n) is 9.61. The van der Waals surface area contributed by atoms with Crippen LogP contribution in [0.3, 0.4) is 0 Å². The lowest BCUT2D eigenvalue weighted by Crippen LogP contribution is -2.19. The number of para-hydroxylation sites is 3. The Morgan fingerprint density at radius 1 is 1.20 bits per heavy atom. The van der Waals surface area contributed by atoms with E-state index in [1.807, 2.05) is 39.0 Å². The predicted molar refractivity (Wildman–Crippen MR) is 113 cm³/mol. The van der Waals surface area contributed by atoms with Gasteiger partial charge in [0.1, 0.15) is 5.71 Å². The Labute approximate surface area is 173 Å². The number of aryl methyl sites for hydroxylation is 1. The van der Waals surface area contributed by atoms with Crippen molar-refractivity contribution in [2.75, 3.05) is 11.9 Å². The van der Waals surface area contributed by atoms with E-state index in [-0.39, 0.29) is 30.0 Å². The van der Waals surface area contributed by atoms with Gasteiger partial charge in [-0.15, -0.1) is 0 Å². The summed E-state index contributed by atoms with van der Waals surface area (Å²) in [7, 11) is 0. The van der Waals surface area contributed by atoms with Crippen molar-refractivity contribution in [3.8, 4) is 0 Å². The fraction of sp³-hybridized carbons (Fsp3) is 0.318. The van der Waals surface area contributed by atoms with E-state index in [1.165, 1.54) is 6.92 Å². The highest BCUT2D eigenvalue weighted by molar-refractivity contribution is 5.98. The van der Waals surface area contributed by atoms with E-state index in [0.29, 0.717) is 11.0 Å². The molecule has 3 aromatic rings. The van der Waals surface area contributed by atoms with Crippen molar-refractivity contribution in [2.24, 2.45) is 5.16 Å². The van der Waals surface area contributed by atoms with Gasteiger partial charge < -0.3 is 10.2 Å². The molecule has 1 aromatic heterocycles. The molecule has 0 aliphatic rings. The number of hydrogen-bond acceptors (Lipinski definition) is 4. The maximum atomic E-state index is 13.5. The quantitative estimate of drug-likeness (QED) is 0.424. The van der Waals surface area contributed by atoms with Gasteiger partial charge in [-0.2, -0.15) is 8.78 Å². The summed E-state index contributed by atoms with van der Waals surface area (Å²) in [5.74, 6) is -0.151. The van der Waals surface area contributed by atoms with Crippen molar-refractivity contribution in [2.45, 2.75) is 40.2 Å². The number of hydrogen-bond donors (Lipinski definition) is 1. The number of nitrogens with one attached hydrogen (secondary N) is 1. The molecule has 0 aliphatic heterocycles. The van der Waals surface area contributed by atoms with Crippen LogP contribution >= 0.6 is 0 Å². The maximum Gasteiger partial charge on any atom is 0.320 e. The number of nitrogens with zero attached hydrogens (tertiary/aromatic N) is 3. The third-order valence-corrected chi connectivity index (χ3v) is 4.70. The zero-order chi connectivity index (χ0) is 21.8. The molecule has 0 fully saturated rings. The summed E-state index contributed by atoms with van der Waals surface area (Å²) in [4.78, 5) is 21.7. The Kier molecular flexibility index (Phi) is 6.44. The molecule has 0 spiro atoms. The molecule has 1 heterocycles. The second-order valence-electron chi connectivity index (χ2n) is 7.26. The average molecular weight is 414 g/mol. The molecule has 1 amide bonds. The monoisotopic (exact) mass is 414 g/mol. The van der Waals surface area contributed by atoms with Crippen molar-refractivity contribution in [1.82, 2.24) is 9.55 Å². The first-order valence-corrected chi connectivity index (χ1v) is 9.61. The van der Waals surface area contributed by atoms with Crippen LogP contribution < -0.4 is 5.32 Å². The molecule has 0 saturated carbocycles. The predicted octanol–water partition coefficient (Wildman–Crippen LogP) is 5.24. The van der Waals surface area contributed by atoms with Crippen LogP contribution in [0.15, 0.2) is 47.6 Å². The maximum absolute atomic E-state index is 13.5. The third-order valence-electron chi connectivity index (χ3n) is 4.70. The van der Waals surface area contributed by atoms with Gasteiger partial charge in [0.15, 0.2) is 12.4 Å². The summed E-state index contributed by atoms with van der Waals surface area (Å²) in [5.41, 5.74) is 3.60. The van der Waals surface area contributed by atoms with Gasteiger partial charge in [-0.25, -0.2) is 4.98 Å². The number of amides is 1. The second kappa shape index (κ2) is 9.02. The third kappa shape index (κ3) is 4.48. The fourth-order valence-electron chi connectivity index (χ4n) is 3.24. The molecule has 6 nitrogen and oxygen atoms in total. The molecule has 8 heteroatoms. The van der Waals surface area contributed by atoms with E-state index in [4.69, 9.17) is 4.84 Å². The van der Waals surface area contributed by atoms with Crippen molar-refractivity contribution in [3.05, 3.63) is 59.4 Å². The van der Waals surface area contributed by atoms with Crippen molar-refractivity contribution in [3.63, 3.8) is 0 Å². The fourth-order valence-corrected chi connectivity index (χ4v) is 3.24. The number of imidazole rings is 1. The molecule has 30 heavy (non-hydrogen) atoms. The summed E-state index contributed by atoms with van der Waals surface area (Å²) in [6.45, 7) is 4.39. The molecule has 158 valence electrons. The minimum absolute atomic E-state index is 0.00685. The number of rotatable bonds is 7. The summed E-state index contributed by atoms with van der Waals surface area (Å²) in [5, 5.41) is 6.68. The van der Waals surface area contributed by atoms with E-state index in [1.54, 1.807) is 24.3 Å². The van der Waals surface area contributed by atoms with Gasteiger partial charge in [-0.1, -0.05) is 49.3 Å². The van der Waals surface area contributed by atoms with Gasteiger partial charge in [0, 0.05) is 5.69 Å². The second-order valence-corrected chi connectivity index (χ2v) is 7.26. The first-order chi connectivity index (χ1) is 14.3. The highest BCUT2D eigenvalue weighted by Crippen LogP contribution is 2.27. The van der Waals surface area contributed by atoms with Crippen LogP contribution in [-0.4, -0.2) is 27.8 Å². The average Bonchev–Trinajstić information content (AvgIpc) is 3.09. The number of carbonyl (C=O) groups excluding carboxylic acids is 1. The number of benzene rings is 2. The molecule has 2 aromatic carbocycles. The van der Waals surface area contributed by atoms with Crippen LogP contribution in [0, 0.1) is 6.92 Å². The smallest absolute Gasteiger partial charge is 0.320 e. The van der Waals surface area contributed by atoms with Gasteiger partial charge >= 0.3 is 6.55 Å². The van der Waals surface area contributed by atoms with E-state index in [2.05, 4.69) is 15.5 Å². The number of halogens is 2. The molecule has 0 atom stereocenters. The lowest BCUT2D eigenvalue weighted by molar-refractivity contribution is -0.120. The summed E-state index contributed by atoms with van der Waals surface area (Å²) in [6.07, 6.45) is 0. The zero-order valence-electron chi connectivity index (χ0n) is 17.3. The molecular weight excluding hydrogens is 390 g/mol. The van der Waals surface area contributed by atoms with E-state index in [9.17, 15) is 13.6 Å².